The van der Waals surface area contributed by atoms with Crippen molar-refractivity contribution in [1.29, 1.82) is 0 Å². The Bertz CT molecular complexity index is 518. The topological polar surface area (TPSA) is 65.1 Å². The Morgan fingerprint density at radius 2 is 2.24 bits per heavy atom. The lowest BCUT2D eigenvalue weighted by Gasteiger charge is -2.07. The molecule has 0 spiro atoms. The van der Waals surface area contributed by atoms with Gasteiger partial charge in [0.2, 0.25) is 0 Å². The molecule has 1 amide bonds. The largest absolute Gasteiger partial charge is 0.508 e. The number of carbonyl (C=O) groups excluding carboxylic acids is 1. The minimum Gasteiger partial charge on any atom is -0.508 e. The Morgan fingerprint density at radius 1 is 1.41 bits per heavy atom. The molecule has 4 nitrogen and oxygen atoms in total. The number of hydrogen-bond donors (Lipinski definition) is 3. The molecule has 0 radical (unpaired) electrons. The van der Waals surface area contributed by atoms with Gasteiger partial charge in [-0.15, -0.1) is 0 Å². The molecule has 17 heavy (non-hydrogen) atoms. The fourth-order valence-corrected chi connectivity index (χ4v) is 1.62. The highest BCUT2D eigenvalue weighted by molar-refractivity contribution is 5.96. The SMILES string of the molecule is Cc1c(O)cccc1C(=O)NCc1cc[nH]c1. The number of phenols is 1. The fourth-order valence-electron chi connectivity index (χ4n) is 1.62. The number of aromatic hydroxyl groups is 1. The number of H-pyrrole nitrogens is 1. The molecule has 1 aromatic heterocycles. The van der Waals surface area contributed by atoms with Crippen LogP contribution in [0.1, 0.15) is 21.5 Å². The van der Waals surface area contributed by atoms with Gasteiger partial charge in [0.05, 0.1) is 0 Å². The molecule has 0 bridgehead atoms. The van der Waals surface area contributed by atoms with E-state index in [0.717, 1.165) is 5.56 Å². The summed E-state index contributed by atoms with van der Waals surface area (Å²) in [5.41, 5.74) is 2.11. The lowest BCUT2D eigenvalue weighted by Crippen LogP contribution is -2.23. The zero-order valence-corrected chi connectivity index (χ0v) is 9.53. The van der Waals surface area contributed by atoms with Gasteiger partial charge in [0.15, 0.2) is 0 Å². The second kappa shape index (κ2) is 4.74. The van der Waals surface area contributed by atoms with E-state index in [1.54, 1.807) is 31.3 Å². The number of amides is 1. The lowest BCUT2D eigenvalue weighted by atomic mass is 10.1. The Hall–Kier alpha value is -2.23. The van der Waals surface area contributed by atoms with Gasteiger partial charge in [0, 0.05) is 30.1 Å². The van der Waals surface area contributed by atoms with Crippen LogP contribution in [0.3, 0.4) is 0 Å². The van der Waals surface area contributed by atoms with Gasteiger partial charge in [-0.3, -0.25) is 4.79 Å². The maximum atomic E-state index is 11.9. The molecule has 2 rings (SSSR count). The van der Waals surface area contributed by atoms with Gasteiger partial charge in [0.25, 0.3) is 5.91 Å². The van der Waals surface area contributed by atoms with E-state index in [1.807, 2.05) is 12.3 Å². The first-order chi connectivity index (χ1) is 8.18. The summed E-state index contributed by atoms with van der Waals surface area (Å²) >= 11 is 0. The van der Waals surface area contributed by atoms with Crippen LogP contribution in [-0.2, 0) is 6.54 Å². The molecule has 0 atom stereocenters. The summed E-state index contributed by atoms with van der Waals surface area (Å²) in [6, 6.07) is 6.82. The zero-order chi connectivity index (χ0) is 12.3. The van der Waals surface area contributed by atoms with E-state index in [4.69, 9.17) is 0 Å². The Kier molecular flexibility index (Phi) is 3.14. The molecule has 0 aliphatic heterocycles. The molecule has 0 saturated carbocycles. The number of hydrogen-bond acceptors (Lipinski definition) is 2. The number of benzene rings is 1. The van der Waals surface area contributed by atoms with E-state index in [9.17, 15) is 9.90 Å². The van der Waals surface area contributed by atoms with Crippen molar-refractivity contribution in [3.8, 4) is 5.75 Å². The molecule has 1 aromatic carbocycles. The highest BCUT2D eigenvalue weighted by Gasteiger charge is 2.10. The average molecular weight is 230 g/mol. The lowest BCUT2D eigenvalue weighted by molar-refractivity contribution is 0.0950. The Morgan fingerprint density at radius 3 is 2.94 bits per heavy atom. The summed E-state index contributed by atoms with van der Waals surface area (Å²) < 4.78 is 0. The second-order valence-electron chi connectivity index (χ2n) is 3.85. The third-order valence-corrected chi connectivity index (χ3v) is 2.67. The van der Waals surface area contributed by atoms with Crippen LogP contribution in [0.15, 0.2) is 36.7 Å². The van der Waals surface area contributed by atoms with Crippen LogP contribution in [0.25, 0.3) is 0 Å². The number of aromatic amines is 1. The van der Waals surface area contributed by atoms with Crippen molar-refractivity contribution in [3.63, 3.8) is 0 Å². The standard InChI is InChI=1S/C13H14N2O2/c1-9-11(3-2-4-12(9)16)13(17)15-8-10-5-6-14-7-10/h2-7,14,16H,8H2,1H3,(H,15,17). The summed E-state index contributed by atoms with van der Waals surface area (Å²) in [6.07, 6.45) is 3.64. The smallest absolute Gasteiger partial charge is 0.251 e. The molecule has 0 saturated heterocycles. The summed E-state index contributed by atoms with van der Waals surface area (Å²) in [4.78, 5) is 14.8. The average Bonchev–Trinajstić information content (AvgIpc) is 2.82. The minimum atomic E-state index is -0.181. The molecular formula is C13H14N2O2. The number of nitrogens with one attached hydrogen (secondary N) is 2. The molecule has 0 unspecified atom stereocenters. The van der Waals surface area contributed by atoms with Crippen LogP contribution in [0.5, 0.6) is 5.75 Å². The first-order valence-electron chi connectivity index (χ1n) is 5.37. The van der Waals surface area contributed by atoms with E-state index in [1.165, 1.54) is 0 Å². The van der Waals surface area contributed by atoms with Crippen molar-refractivity contribution in [1.82, 2.24) is 10.3 Å². The normalized spacial score (nSPS) is 10.2. The van der Waals surface area contributed by atoms with E-state index >= 15 is 0 Å². The third-order valence-electron chi connectivity index (χ3n) is 2.67. The van der Waals surface area contributed by atoms with Crippen molar-refractivity contribution < 1.29 is 9.90 Å². The van der Waals surface area contributed by atoms with E-state index < -0.39 is 0 Å². The quantitative estimate of drug-likeness (QED) is 0.754. The molecule has 3 N–H and O–H groups in total. The summed E-state index contributed by atoms with van der Waals surface area (Å²) in [6.45, 7) is 2.19. The fraction of sp³-hybridized carbons (Fsp3) is 0.154. The molecule has 4 heteroatoms. The highest BCUT2D eigenvalue weighted by atomic mass is 16.3. The highest BCUT2D eigenvalue weighted by Crippen LogP contribution is 2.19. The summed E-state index contributed by atoms with van der Waals surface area (Å²) in [5, 5.41) is 12.3. The molecule has 0 aliphatic carbocycles. The van der Waals surface area contributed by atoms with Crippen LogP contribution in [0, 0.1) is 6.92 Å². The minimum absolute atomic E-state index is 0.138. The van der Waals surface area contributed by atoms with Crippen molar-refractivity contribution in [2.75, 3.05) is 0 Å². The molecule has 2 aromatic rings. The molecule has 88 valence electrons. The van der Waals surface area contributed by atoms with Crippen LogP contribution >= 0.6 is 0 Å². The van der Waals surface area contributed by atoms with Gasteiger partial charge in [0.1, 0.15) is 5.75 Å². The number of aromatic nitrogens is 1. The summed E-state index contributed by atoms with van der Waals surface area (Å²) in [5.74, 6) is -0.0427. The Labute approximate surface area is 99.3 Å². The predicted molar refractivity (Wildman–Crippen MR) is 64.8 cm³/mol. The molecule has 0 fully saturated rings. The van der Waals surface area contributed by atoms with Gasteiger partial charge in [-0.2, -0.15) is 0 Å². The van der Waals surface area contributed by atoms with Crippen molar-refractivity contribution in [3.05, 3.63) is 53.3 Å². The number of rotatable bonds is 3. The molecular weight excluding hydrogens is 216 g/mol. The van der Waals surface area contributed by atoms with Gasteiger partial charge in [-0.1, -0.05) is 6.07 Å². The number of carbonyl (C=O) groups is 1. The monoisotopic (exact) mass is 230 g/mol. The van der Waals surface area contributed by atoms with Crippen LogP contribution in [0.2, 0.25) is 0 Å². The van der Waals surface area contributed by atoms with Crippen molar-refractivity contribution in [2.24, 2.45) is 0 Å². The molecule has 0 aliphatic rings. The predicted octanol–water partition coefficient (Wildman–Crippen LogP) is 1.96. The van der Waals surface area contributed by atoms with Crippen LogP contribution in [0.4, 0.5) is 0 Å². The van der Waals surface area contributed by atoms with E-state index in [0.29, 0.717) is 17.7 Å². The Balaban J connectivity index is 2.07. The first kappa shape index (κ1) is 11.3. The van der Waals surface area contributed by atoms with E-state index in [2.05, 4.69) is 10.3 Å². The van der Waals surface area contributed by atoms with Crippen LogP contribution < -0.4 is 5.32 Å². The summed E-state index contributed by atoms with van der Waals surface area (Å²) in [7, 11) is 0. The van der Waals surface area contributed by atoms with Crippen molar-refractivity contribution >= 4 is 5.91 Å². The maximum Gasteiger partial charge on any atom is 0.251 e. The van der Waals surface area contributed by atoms with Gasteiger partial charge >= 0.3 is 0 Å². The zero-order valence-electron chi connectivity index (χ0n) is 9.53. The van der Waals surface area contributed by atoms with Gasteiger partial charge < -0.3 is 15.4 Å². The second-order valence-corrected chi connectivity index (χ2v) is 3.85. The first-order valence-corrected chi connectivity index (χ1v) is 5.37. The third kappa shape index (κ3) is 2.47. The van der Waals surface area contributed by atoms with Gasteiger partial charge in [-0.25, -0.2) is 0 Å². The number of phenolic OH excluding ortho intramolecular Hbond substituents is 1. The maximum absolute atomic E-state index is 11.9. The van der Waals surface area contributed by atoms with E-state index in [-0.39, 0.29) is 11.7 Å². The molecule has 1 heterocycles. The van der Waals surface area contributed by atoms with Crippen LogP contribution in [-0.4, -0.2) is 16.0 Å². The van der Waals surface area contributed by atoms with Gasteiger partial charge in [-0.05, 0) is 30.7 Å². The van der Waals surface area contributed by atoms with Crippen molar-refractivity contribution in [2.45, 2.75) is 13.5 Å².